The monoisotopic (exact) mass is 558 g/mol. The van der Waals surface area contributed by atoms with Crippen LogP contribution in [0.15, 0.2) is 82.9 Å². The molecule has 0 spiro atoms. The maximum Gasteiger partial charge on any atom is 0.308 e. The number of hydrogen-bond acceptors (Lipinski definition) is 8. The smallest absolute Gasteiger partial charge is 0.308 e. The lowest BCUT2D eigenvalue weighted by Gasteiger charge is -2.30. The number of carbonyl (C=O) groups excluding carboxylic acids is 3. The molecule has 4 heterocycles. The molecule has 1 fully saturated rings. The number of amides is 3. The standard InChI is InChI=1S/C28H22N4O5S2/c1-15-4-8-18(9-5-15)32-25(35)22-21(16-3-2-12-29-13-16)24-27(38-23(22)26(32)36)31(28(37)39-24)14-20(34)30-17-6-10-19(33)11-7-17/h2-13,21-23,33H,14H2,1H3,(H,30,34). The minimum absolute atomic E-state index is 0.0685. The summed E-state index contributed by atoms with van der Waals surface area (Å²) in [4.78, 5) is 59.4. The second kappa shape index (κ2) is 9.83. The molecule has 0 radical (unpaired) electrons. The SMILES string of the molecule is Cc1ccc(N2C(=O)C3Sc4c(sc(=O)n4CC(=O)Nc4ccc(O)cc4)C(c4cccnc4)C3C2=O)cc1. The second-order valence-corrected chi connectivity index (χ2v) is 11.5. The average Bonchev–Trinajstić information content (AvgIpc) is 3.37. The van der Waals surface area contributed by atoms with E-state index < -0.39 is 23.0 Å². The molecular formula is C28H22N4O5S2. The number of thiazole rings is 1. The van der Waals surface area contributed by atoms with Crippen LogP contribution in [0.2, 0.25) is 0 Å². The van der Waals surface area contributed by atoms with Gasteiger partial charge in [-0.1, -0.05) is 46.9 Å². The molecule has 1 saturated heterocycles. The van der Waals surface area contributed by atoms with Crippen LogP contribution in [0.1, 0.15) is 21.9 Å². The minimum Gasteiger partial charge on any atom is -0.508 e. The summed E-state index contributed by atoms with van der Waals surface area (Å²) in [5.74, 6) is -2.32. The maximum atomic E-state index is 13.8. The third-order valence-electron chi connectivity index (χ3n) is 6.84. The Morgan fingerprint density at radius 3 is 2.46 bits per heavy atom. The lowest BCUT2D eigenvalue weighted by Crippen LogP contribution is -2.33. The molecule has 3 unspecified atom stereocenters. The molecule has 0 aliphatic carbocycles. The summed E-state index contributed by atoms with van der Waals surface area (Å²) in [6.45, 7) is 1.67. The van der Waals surface area contributed by atoms with Gasteiger partial charge in [-0.25, -0.2) is 4.90 Å². The highest BCUT2D eigenvalue weighted by Gasteiger charge is 2.56. The lowest BCUT2D eigenvalue weighted by molar-refractivity contribution is -0.122. The quantitative estimate of drug-likeness (QED) is 0.283. The number of nitrogens with one attached hydrogen (secondary N) is 1. The first kappa shape index (κ1) is 25.1. The maximum absolute atomic E-state index is 13.8. The molecule has 2 aliphatic rings. The Bertz CT molecular complexity index is 1650. The number of rotatable bonds is 5. The molecule has 39 heavy (non-hydrogen) atoms. The van der Waals surface area contributed by atoms with E-state index in [1.165, 1.54) is 33.4 Å². The van der Waals surface area contributed by atoms with Crippen LogP contribution in [0.5, 0.6) is 5.75 Å². The zero-order valence-electron chi connectivity index (χ0n) is 20.6. The number of aromatic nitrogens is 2. The van der Waals surface area contributed by atoms with E-state index >= 15 is 0 Å². The molecule has 2 aromatic heterocycles. The molecule has 6 rings (SSSR count). The fourth-order valence-electron chi connectivity index (χ4n) is 5.01. The van der Waals surface area contributed by atoms with E-state index in [1.54, 1.807) is 42.7 Å². The number of nitrogens with zero attached hydrogens (tertiary/aromatic N) is 3. The van der Waals surface area contributed by atoms with Crippen molar-refractivity contribution in [2.24, 2.45) is 5.92 Å². The molecule has 0 saturated carbocycles. The number of fused-ring (bicyclic) bond motifs is 2. The van der Waals surface area contributed by atoms with Crippen molar-refractivity contribution in [3.8, 4) is 5.75 Å². The van der Waals surface area contributed by atoms with Crippen molar-refractivity contribution in [2.75, 3.05) is 10.2 Å². The van der Waals surface area contributed by atoms with Crippen LogP contribution in [-0.4, -0.2) is 37.6 Å². The molecule has 3 atom stereocenters. The summed E-state index contributed by atoms with van der Waals surface area (Å²) in [7, 11) is 0. The van der Waals surface area contributed by atoms with Gasteiger partial charge in [-0.2, -0.15) is 0 Å². The molecule has 2 aromatic carbocycles. The number of phenols is 1. The Balaban J connectivity index is 1.39. The van der Waals surface area contributed by atoms with Crippen molar-refractivity contribution in [1.29, 1.82) is 0 Å². The van der Waals surface area contributed by atoms with Crippen molar-refractivity contribution in [1.82, 2.24) is 9.55 Å². The number of aryl methyl sites for hydroxylation is 1. The summed E-state index contributed by atoms with van der Waals surface area (Å²) >= 11 is 2.15. The van der Waals surface area contributed by atoms with E-state index in [1.807, 2.05) is 25.1 Å². The van der Waals surface area contributed by atoms with Crippen molar-refractivity contribution in [3.05, 3.63) is 98.7 Å². The van der Waals surface area contributed by atoms with Crippen molar-refractivity contribution in [2.45, 2.75) is 29.7 Å². The van der Waals surface area contributed by atoms with Crippen molar-refractivity contribution >= 4 is 52.2 Å². The Morgan fingerprint density at radius 2 is 1.77 bits per heavy atom. The van der Waals surface area contributed by atoms with Gasteiger partial charge >= 0.3 is 4.87 Å². The van der Waals surface area contributed by atoms with Gasteiger partial charge < -0.3 is 10.4 Å². The molecular weight excluding hydrogens is 536 g/mol. The van der Waals surface area contributed by atoms with E-state index in [4.69, 9.17) is 0 Å². The zero-order chi connectivity index (χ0) is 27.3. The molecule has 4 aromatic rings. The summed E-state index contributed by atoms with van der Waals surface area (Å²) in [5.41, 5.74) is 2.71. The summed E-state index contributed by atoms with van der Waals surface area (Å²) < 4.78 is 1.37. The number of pyridine rings is 1. The number of hydrogen-bond donors (Lipinski definition) is 2. The molecule has 11 heteroatoms. The van der Waals surface area contributed by atoms with Crippen LogP contribution in [0.25, 0.3) is 0 Å². The number of carbonyl (C=O) groups is 3. The first-order valence-electron chi connectivity index (χ1n) is 12.2. The second-order valence-electron chi connectivity index (χ2n) is 9.39. The highest BCUT2D eigenvalue weighted by Crippen LogP contribution is 2.53. The molecule has 2 N–H and O–H groups in total. The van der Waals surface area contributed by atoms with Crippen LogP contribution in [0, 0.1) is 12.8 Å². The number of phenolic OH excluding ortho intramolecular Hbond substituents is 1. The van der Waals surface area contributed by atoms with Gasteiger partial charge in [0.1, 0.15) is 17.5 Å². The fourth-order valence-corrected chi connectivity index (χ4v) is 7.78. The number of thioether (sulfide) groups is 1. The minimum atomic E-state index is -0.767. The fraction of sp³-hybridized carbons (Fsp3) is 0.179. The Kier molecular flexibility index (Phi) is 6.32. The topological polar surface area (TPSA) is 122 Å². The predicted molar refractivity (Wildman–Crippen MR) is 148 cm³/mol. The largest absolute Gasteiger partial charge is 0.508 e. The first-order valence-corrected chi connectivity index (χ1v) is 13.8. The molecule has 0 bridgehead atoms. The number of aromatic hydroxyl groups is 1. The normalized spacial score (nSPS) is 20.0. The van der Waals surface area contributed by atoms with E-state index in [-0.39, 0.29) is 29.0 Å². The molecule has 2 aliphatic heterocycles. The number of anilines is 2. The third kappa shape index (κ3) is 4.43. The number of benzene rings is 2. The van der Waals surface area contributed by atoms with Gasteiger partial charge in [0.2, 0.25) is 17.7 Å². The van der Waals surface area contributed by atoms with Gasteiger partial charge in [-0.15, -0.1) is 0 Å². The van der Waals surface area contributed by atoms with Gasteiger partial charge in [-0.05, 0) is 55.0 Å². The number of imide groups is 1. The Labute approximate surface area is 231 Å². The highest BCUT2D eigenvalue weighted by atomic mass is 32.2. The van der Waals surface area contributed by atoms with Crippen LogP contribution in [0.3, 0.4) is 0 Å². The predicted octanol–water partition coefficient (Wildman–Crippen LogP) is 3.75. The molecule has 3 amide bonds. The van der Waals surface area contributed by atoms with Gasteiger partial charge in [0, 0.05) is 28.9 Å². The van der Waals surface area contributed by atoms with Crippen LogP contribution in [-0.2, 0) is 20.9 Å². The molecule has 196 valence electrons. The lowest BCUT2D eigenvalue weighted by atomic mass is 9.84. The zero-order valence-corrected chi connectivity index (χ0v) is 22.2. The summed E-state index contributed by atoms with van der Waals surface area (Å²) in [6, 6.07) is 16.8. The summed E-state index contributed by atoms with van der Waals surface area (Å²) in [6.07, 6.45) is 3.28. The van der Waals surface area contributed by atoms with Crippen LogP contribution < -0.4 is 15.1 Å². The van der Waals surface area contributed by atoms with E-state index in [2.05, 4.69) is 10.3 Å². The third-order valence-corrected chi connectivity index (χ3v) is 9.44. The van der Waals surface area contributed by atoms with Gasteiger partial charge in [0.25, 0.3) is 0 Å². The van der Waals surface area contributed by atoms with E-state index in [0.717, 1.165) is 22.5 Å². The highest BCUT2D eigenvalue weighted by molar-refractivity contribution is 8.00. The van der Waals surface area contributed by atoms with E-state index in [9.17, 15) is 24.3 Å². The Morgan fingerprint density at radius 1 is 1.03 bits per heavy atom. The van der Waals surface area contributed by atoms with Crippen LogP contribution >= 0.6 is 23.1 Å². The van der Waals surface area contributed by atoms with Gasteiger partial charge in [-0.3, -0.25) is 28.7 Å². The molecule has 9 nitrogen and oxygen atoms in total. The average molecular weight is 559 g/mol. The summed E-state index contributed by atoms with van der Waals surface area (Å²) in [5, 5.41) is 12.0. The van der Waals surface area contributed by atoms with Crippen LogP contribution in [0.4, 0.5) is 11.4 Å². The van der Waals surface area contributed by atoms with Gasteiger partial charge in [0.15, 0.2) is 0 Å². The van der Waals surface area contributed by atoms with Gasteiger partial charge in [0.05, 0.1) is 16.6 Å². The van der Waals surface area contributed by atoms with E-state index in [0.29, 0.717) is 21.3 Å². The first-order chi connectivity index (χ1) is 18.8. The van der Waals surface area contributed by atoms with Crippen molar-refractivity contribution < 1.29 is 19.5 Å². The Hall–Kier alpha value is -4.22. The van der Waals surface area contributed by atoms with Crippen molar-refractivity contribution in [3.63, 3.8) is 0 Å².